The van der Waals surface area contributed by atoms with Crippen molar-refractivity contribution in [3.05, 3.63) is 22.5 Å². The van der Waals surface area contributed by atoms with Gasteiger partial charge in [-0.2, -0.15) is 0 Å². The van der Waals surface area contributed by atoms with Crippen LogP contribution in [0, 0.1) is 20.8 Å². The van der Waals surface area contributed by atoms with Crippen LogP contribution in [0.5, 0.6) is 5.75 Å². The van der Waals surface area contributed by atoms with Gasteiger partial charge in [0.25, 0.3) is 0 Å². The van der Waals surface area contributed by atoms with Crippen LogP contribution in [-0.2, 0) is 10.3 Å². The van der Waals surface area contributed by atoms with E-state index in [-0.39, 0.29) is 11.3 Å². The highest BCUT2D eigenvalue weighted by Crippen LogP contribution is 2.39. The number of aromatic nitrogens is 1. The molecule has 0 saturated heterocycles. The third-order valence-corrected chi connectivity index (χ3v) is 4.39. The van der Waals surface area contributed by atoms with Crippen LogP contribution in [0.4, 0.5) is 0 Å². The molecule has 0 atom stereocenters. The molecule has 1 aromatic rings. The first-order chi connectivity index (χ1) is 9.02. The third-order valence-electron chi connectivity index (χ3n) is 4.39. The summed E-state index contributed by atoms with van der Waals surface area (Å²) in [4.78, 5) is 15.6. The number of nitrogens with zero attached hydrogens (tertiary/aromatic N) is 1. The van der Waals surface area contributed by atoms with Gasteiger partial charge in [0.05, 0.1) is 16.9 Å². The van der Waals surface area contributed by atoms with Crippen molar-refractivity contribution in [2.45, 2.75) is 58.4 Å². The number of amides is 1. The minimum Gasteiger partial charge on any atom is -0.506 e. The first kappa shape index (κ1) is 13.8. The summed E-state index contributed by atoms with van der Waals surface area (Å²) in [5.41, 5.74) is 3.05. The van der Waals surface area contributed by atoms with Gasteiger partial charge in [-0.05, 0) is 44.7 Å². The zero-order valence-electron chi connectivity index (χ0n) is 11.9. The van der Waals surface area contributed by atoms with Crippen molar-refractivity contribution in [3.63, 3.8) is 0 Å². The minimum absolute atomic E-state index is 0.262. The lowest BCUT2D eigenvalue weighted by molar-refractivity contribution is -0.111. The van der Waals surface area contributed by atoms with Crippen molar-refractivity contribution in [3.8, 4) is 5.75 Å². The molecule has 0 aliphatic heterocycles. The van der Waals surface area contributed by atoms with Crippen molar-refractivity contribution in [1.82, 2.24) is 10.3 Å². The zero-order valence-corrected chi connectivity index (χ0v) is 11.9. The SMILES string of the molecule is Cc1nc(C2(NC=O)CCCCC2)c(C)c(C)c1O. The molecule has 0 bridgehead atoms. The van der Waals surface area contributed by atoms with Gasteiger partial charge >= 0.3 is 0 Å². The molecule has 1 aliphatic rings. The van der Waals surface area contributed by atoms with Crippen LogP contribution in [0.3, 0.4) is 0 Å². The summed E-state index contributed by atoms with van der Waals surface area (Å²) in [6, 6.07) is 0. The summed E-state index contributed by atoms with van der Waals surface area (Å²) in [6.07, 6.45) is 6.02. The lowest BCUT2D eigenvalue weighted by Crippen LogP contribution is -2.44. The van der Waals surface area contributed by atoms with E-state index in [1.54, 1.807) is 0 Å². The van der Waals surface area contributed by atoms with Gasteiger partial charge in [-0.1, -0.05) is 19.3 Å². The Bertz CT molecular complexity index is 491. The maximum Gasteiger partial charge on any atom is 0.207 e. The molecule has 19 heavy (non-hydrogen) atoms. The molecule has 1 saturated carbocycles. The number of hydrogen-bond acceptors (Lipinski definition) is 3. The minimum atomic E-state index is -0.354. The second-order valence-corrected chi connectivity index (χ2v) is 5.55. The normalized spacial score (nSPS) is 18.1. The zero-order chi connectivity index (χ0) is 14.0. The summed E-state index contributed by atoms with van der Waals surface area (Å²) >= 11 is 0. The standard InChI is InChI=1S/C15H22N2O2/c1-10-11(2)14(17-12(3)13(10)19)15(16-9-18)7-5-4-6-8-15/h9,19H,4-8H2,1-3H3,(H,16,18). The summed E-state index contributed by atoms with van der Waals surface area (Å²) in [7, 11) is 0. The van der Waals surface area contributed by atoms with Gasteiger partial charge in [0.15, 0.2) is 0 Å². The Kier molecular flexibility index (Phi) is 3.78. The van der Waals surface area contributed by atoms with E-state index in [1.807, 2.05) is 20.8 Å². The number of aromatic hydroxyl groups is 1. The van der Waals surface area contributed by atoms with Crippen molar-refractivity contribution < 1.29 is 9.90 Å². The Hall–Kier alpha value is -1.58. The van der Waals surface area contributed by atoms with Crippen molar-refractivity contribution in [2.24, 2.45) is 0 Å². The number of pyridine rings is 1. The number of aryl methyl sites for hydroxylation is 1. The van der Waals surface area contributed by atoms with Crippen molar-refractivity contribution in [1.29, 1.82) is 0 Å². The van der Waals surface area contributed by atoms with Gasteiger partial charge in [-0.15, -0.1) is 0 Å². The topological polar surface area (TPSA) is 62.2 Å². The molecule has 0 radical (unpaired) electrons. The maximum absolute atomic E-state index is 11.0. The smallest absolute Gasteiger partial charge is 0.207 e. The molecule has 1 aromatic heterocycles. The molecule has 1 aliphatic carbocycles. The number of carbonyl (C=O) groups is 1. The summed E-state index contributed by atoms with van der Waals surface area (Å²) < 4.78 is 0. The monoisotopic (exact) mass is 262 g/mol. The van der Waals surface area contributed by atoms with Crippen LogP contribution in [0.25, 0.3) is 0 Å². The van der Waals surface area contributed by atoms with E-state index in [1.165, 1.54) is 6.42 Å². The number of rotatable bonds is 3. The van der Waals surface area contributed by atoms with Gasteiger partial charge in [-0.3, -0.25) is 9.78 Å². The highest BCUT2D eigenvalue weighted by atomic mass is 16.3. The molecule has 4 heteroatoms. The van der Waals surface area contributed by atoms with E-state index in [2.05, 4.69) is 10.3 Å². The lowest BCUT2D eigenvalue weighted by Gasteiger charge is -2.38. The lowest BCUT2D eigenvalue weighted by atomic mass is 9.77. The summed E-state index contributed by atoms with van der Waals surface area (Å²) in [5.74, 6) is 0.262. The molecule has 2 N–H and O–H groups in total. The van der Waals surface area contributed by atoms with Crippen LogP contribution >= 0.6 is 0 Å². The average Bonchev–Trinajstić information content (AvgIpc) is 2.42. The molecule has 0 aromatic carbocycles. The van der Waals surface area contributed by atoms with Crippen LogP contribution in [0.15, 0.2) is 0 Å². The molecule has 1 heterocycles. The first-order valence-electron chi connectivity index (χ1n) is 6.90. The highest BCUT2D eigenvalue weighted by Gasteiger charge is 2.37. The largest absolute Gasteiger partial charge is 0.506 e. The van der Waals surface area contributed by atoms with E-state index in [4.69, 9.17) is 0 Å². The summed E-state index contributed by atoms with van der Waals surface area (Å²) in [6.45, 7) is 5.68. The third kappa shape index (κ3) is 2.31. The van der Waals surface area contributed by atoms with Gasteiger partial charge in [0, 0.05) is 0 Å². The van der Waals surface area contributed by atoms with Gasteiger partial charge < -0.3 is 10.4 Å². The number of carbonyl (C=O) groups excluding carboxylic acids is 1. The molecular formula is C15H22N2O2. The van der Waals surface area contributed by atoms with Crippen molar-refractivity contribution in [2.75, 3.05) is 0 Å². The second kappa shape index (κ2) is 5.19. The average molecular weight is 262 g/mol. The van der Waals surface area contributed by atoms with E-state index < -0.39 is 0 Å². The molecule has 2 rings (SSSR count). The maximum atomic E-state index is 11.0. The Labute approximate surface area is 114 Å². The fourth-order valence-corrected chi connectivity index (χ4v) is 3.11. The number of nitrogens with one attached hydrogen (secondary N) is 1. The molecular weight excluding hydrogens is 240 g/mol. The van der Waals surface area contributed by atoms with Crippen LogP contribution < -0.4 is 5.32 Å². The van der Waals surface area contributed by atoms with Crippen LogP contribution in [-0.4, -0.2) is 16.5 Å². The van der Waals surface area contributed by atoms with Gasteiger partial charge in [0.1, 0.15) is 5.75 Å². The Morgan fingerprint density at radius 3 is 2.37 bits per heavy atom. The molecule has 1 fully saturated rings. The quantitative estimate of drug-likeness (QED) is 0.823. The Morgan fingerprint density at radius 2 is 1.79 bits per heavy atom. The molecule has 0 spiro atoms. The highest BCUT2D eigenvalue weighted by molar-refractivity contribution is 5.52. The van der Waals surface area contributed by atoms with E-state index in [0.717, 1.165) is 48.9 Å². The Balaban J connectivity index is 2.56. The van der Waals surface area contributed by atoms with E-state index >= 15 is 0 Å². The van der Waals surface area contributed by atoms with Crippen LogP contribution in [0.2, 0.25) is 0 Å². The van der Waals surface area contributed by atoms with Crippen molar-refractivity contribution >= 4 is 6.41 Å². The fourth-order valence-electron chi connectivity index (χ4n) is 3.11. The molecule has 0 unspecified atom stereocenters. The first-order valence-corrected chi connectivity index (χ1v) is 6.90. The second-order valence-electron chi connectivity index (χ2n) is 5.55. The molecule has 104 valence electrons. The molecule has 4 nitrogen and oxygen atoms in total. The predicted octanol–water partition coefficient (Wildman–Crippen LogP) is 2.62. The molecule has 1 amide bonds. The Morgan fingerprint density at radius 1 is 1.16 bits per heavy atom. The number of hydrogen-bond donors (Lipinski definition) is 2. The van der Waals surface area contributed by atoms with Crippen LogP contribution in [0.1, 0.15) is 54.6 Å². The van der Waals surface area contributed by atoms with E-state index in [9.17, 15) is 9.90 Å². The van der Waals surface area contributed by atoms with E-state index in [0.29, 0.717) is 5.69 Å². The summed E-state index contributed by atoms with van der Waals surface area (Å²) in [5, 5.41) is 13.0. The predicted molar refractivity (Wildman–Crippen MR) is 74.1 cm³/mol. The van der Waals surface area contributed by atoms with Gasteiger partial charge in [-0.25, -0.2) is 0 Å². The fraction of sp³-hybridized carbons (Fsp3) is 0.600. The van der Waals surface area contributed by atoms with Gasteiger partial charge in [0.2, 0.25) is 6.41 Å².